The van der Waals surface area contributed by atoms with Gasteiger partial charge in [0.05, 0.1) is 0 Å². The molecule has 1 aromatic heterocycles. The van der Waals surface area contributed by atoms with Gasteiger partial charge < -0.3 is 15.5 Å². The molecule has 0 spiro atoms. The minimum absolute atomic E-state index is 0.309. The molecule has 2 rings (SSSR count). The van der Waals surface area contributed by atoms with E-state index in [-0.39, 0.29) is 0 Å². The number of nitrogen functional groups attached to an aromatic ring is 1. The maximum atomic E-state index is 5.83. The van der Waals surface area contributed by atoms with Crippen molar-refractivity contribution in [3.05, 3.63) is 0 Å². The number of hydrogen-bond acceptors (Lipinski definition) is 7. The Hall–Kier alpha value is -1.24. The van der Waals surface area contributed by atoms with Crippen LogP contribution in [0.25, 0.3) is 0 Å². The van der Waals surface area contributed by atoms with Gasteiger partial charge in [0.15, 0.2) is 0 Å². The van der Waals surface area contributed by atoms with Crippen LogP contribution in [0.1, 0.15) is 20.3 Å². The van der Waals surface area contributed by atoms with Crippen LogP contribution in [-0.2, 0) is 0 Å². The molecule has 0 saturated carbocycles. The molecule has 106 valence electrons. The van der Waals surface area contributed by atoms with E-state index in [2.05, 4.69) is 38.6 Å². The quantitative estimate of drug-likeness (QED) is 0.891. The first-order valence-corrected chi connectivity index (χ1v) is 7.99. The molecular formula is C12H22N6S. The highest BCUT2D eigenvalue weighted by molar-refractivity contribution is 7.99. The fourth-order valence-electron chi connectivity index (χ4n) is 2.10. The highest BCUT2D eigenvalue weighted by Gasteiger charge is 2.16. The van der Waals surface area contributed by atoms with Crippen LogP contribution in [-0.4, -0.2) is 52.6 Å². The fraction of sp³-hybridized carbons (Fsp3) is 0.750. The Morgan fingerprint density at radius 2 is 1.95 bits per heavy atom. The second kappa shape index (κ2) is 6.79. The topological polar surface area (TPSA) is 71.2 Å². The number of nitrogens with zero attached hydrogens (tertiary/aromatic N) is 5. The van der Waals surface area contributed by atoms with Crippen LogP contribution < -0.4 is 15.5 Å². The molecule has 1 aliphatic heterocycles. The molecule has 2 heterocycles. The predicted octanol–water partition coefficient (Wildman–Crippen LogP) is 1.24. The number of rotatable bonds is 4. The molecule has 7 heteroatoms. The molecule has 0 amide bonds. The van der Waals surface area contributed by atoms with Gasteiger partial charge in [-0.2, -0.15) is 26.7 Å². The third-order valence-electron chi connectivity index (χ3n) is 3.18. The van der Waals surface area contributed by atoms with Crippen LogP contribution in [0.2, 0.25) is 0 Å². The van der Waals surface area contributed by atoms with Gasteiger partial charge >= 0.3 is 0 Å². The first-order chi connectivity index (χ1) is 9.24. The number of thioether (sulfide) groups is 1. The van der Waals surface area contributed by atoms with Gasteiger partial charge in [-0.3, -0.25) is 0 Å². The number of nitrogens with two attached hydrogens (primary N) is 1. The minimum Gasteiger partial charge on any atom is -0.368 e. The average molecular weight is 282 g/mol. The summed E-state index contributed by atoms with van der Waals surface area (Å²) >= 11 is 1.98. The summed E-state index contributed by atoms with van der Waals surface area (Å²) in [6.07, 6.45) is 1.16. The van der Waals surface area contributed by atoms with Gasteiger partial charge in [-0.1, -0.05) is 0 Å². The van der Waals surface area contributed by atoms with Gasteiger partial charge in [-0.15, -0.1) is 0 Å². The van der Waals surface area contributed by atoms with Crippen LogP contribution in [0.4, 0.5) is 17.8 Å². The third kappa shape index (κ3) is 3.62. The van der Waals surface area contributed by atoms with Crippen molar-refractivity contribution in [1.29, 1.82) is 0 Å². The summed E-state index contributed by atoms with van der Waals surface area (Å²) in [7, 11) is 0. The summed E-state index contributed by atoms with van der Waals surface area (Å²) in [5.74, 6) is 4.04. The first kappa shape index (κ1) is 14.2. The van der Waals surface area contributed by atoms with Gasteiger partial charge in [-0.05, 0) is 26.0 Å². The molecule has 1 fully saturated rings. The second-order valence-electron chi connectivity index (χ2n) is 4.42. The minimum atomic E-state index is 0.309. The molecule has 1 aliphatic rings. The molecule has 0 aromatic carbocycles. The van der Waals surface area contributed by atoms with E-state index in [1.807, 2.05) is 11.8 Å². The zero-order chi connectivity index (χ0) is 13.7. The third-order valence-corrected chi connectivity index (χ3v) is 4.23. The van der Waals surface area contributed by atoms with Crippen LogP contribution in [0.5, 0.6) is 0 Å². The first-order valence-electron chi connectivity index (χ1n) is 6.83. The lowest BCUT2D eigenvalue weighted by atomic mass is 10.4. The lowest BCUT2D eigenvalue weighted by molar-refractivity contribution is 0.760. The second-order valence-corrected chi connectivity index (χ2v) is 5.64. The average Bonchev–Trinajstić information content (AvgIpc) is 2.68. The zero-order valence-corrected chi connectivity index (χ0v) is 12.5. The Morgan fingerprint density at radius 1 is 1.16 bits per heavy atom. The smallest absolute Gasteiger partial charge is 0.231 e. The lowest BCUT2D eigenvalue weighted by Crippen LogP contribution is -2.30. The van der Waals surface area contributed by atoms with Crippen LogP contribution in [0.15, 0.2) is 0 Å². The molecular weight excluding hydrogens is 260 g/mol. The molecule has 0 aliphatic carbocycles. The van der Waals surface area contributed by atoms with E-state index in [1.54, 1.807) is 0 Å². The Morgan fingerprint density at radius 3 is 2.68 bits per heavy atom. The van der Waals surface area contributed by atoms with E-state index in [1.165, 1.54) is 5.75 Å². The van der Waals surface area contributed by atoms with Crippen molar-refractivity contribution in [2.24, 2.45) is 0 Å². The standard InChI is InChI=1S/C12H22N6S/c1-3-17(4-2)11-14-10(13)15-12(16-11)18-6-5-8-19-9-7-18/h3-9H2,1-2H3,(H2,13,14,15,16). The normalized spacial score (nSPS) is 16.2. The van der Waals surface area contributed by atoms with E-state index in [0.29, 0.717) is 11.9 Å². The van der Waals surface area contributed by atoms with Gasteiger partial charge in [0.2, 0.25) is 17.8 Å². The van der Waals surface area contributed by atoms with Crippen molar-refractivity contribution < 1.29 is 0 Å². The Bertz CT molecular complexity index is 401. The molecule has 0 bridgehead atoms. The highest BCUT2D eigenvalue weighted by atomic mass is 32.2. The Labute approximate surface area is 118 Å². The number of hydrogen-bond donors (Lipinski definition) is 1. The summed E-state index contributed by atoms with van der Waals surface area (Å²) in [6, 6.07) is 0. The predicted molar refractivity (Wildman–Crippen MR) is 82.0 cm³/mol. The fourth-order valence-corrected chi connectivity index (χ4v) is 2.99. The van der Waals surface area contributed by atoms with E-state index in [0.717, 1.165) is 44.3 Å². The van der Waals surface area contributed by atoms with Gasteiger partial charge in [0, 0.05) is 31.9 Å². The van der Waals surface area contributed by atoms with Crippen molar-refractivity contribution in [3.8, 4) is 0 Å². The maximum Gasteiger partial charge on any atom is 0.231 e. The van der Waals surface area contributed by atoms with Crippen molar-refractivity contribution in [3.63, 3.8) is 0 Å². The summed E-state index contributed by atoms with van der Waals surface area (Å²) in [6.45, 7) is 7.89. The molecule has 0 unspecified atom stereocenters. The summed E-state index contributed by atoms with van der Waals surface area (Å²) in [5.41, 5.74) is 5.83. The highest BCUT2D eigenvalue weighted by Crippen LogP contribution is 2.18. The monoisotopic (exact) mass is 282 g/mol. The van der Waals surface area contributed by atoms with Crippen molar-refractivity contribution in [2.45, 2.75) is 20.3 Å². The molecule has 2 N–H and O–H groups in total. The summed E-state index contributed by atoms with van der Waals surface area (Å²) in [5, 5.41) is 0. The van der Waals surface area contributed by atoms with E-state index >= 15 is 0 Å². The Balaban J connectivity index is 2.24. The summed E-state index contributed by atoms with van der Waals surface area (Å²) in [4.78, 5) is 17.4. The van der Waals surface area contributed by atoms with Gasteiger partial charge in [0.25, 0.3) is 0 Å². The molecule has 0 radical (unpaired) electrons. The van der Waals surface area contributed by atoms with Crippen LogP contribution in [0.3, 0.4) is 0 Å². The SMILES string of the molecule is CCN(CC)c1nc(N)nc(N2CCCSCC2)n1. The molecule has 1 aromatic rings. The lowest BCUT2D eigenvalue weighted by Gasteiger charge is -2.23. The van der Waals surface area contributed by atoms with Crippen molar-refractivity contribution >= 4 is 29.6 Å². The number of anilines is 3. The molecule has 19 heavy (non-hydrogen) atoms. The van der Waals surface area contributed by atoms with Gasteiger partial charge in [0.1, 0.15) is 0 Å². The molecule has 1 saturated heterocycles. The summed E-state index contributed by atoms with van der Waals surface area (Å²) < 4.78 is 0. The van der Waals surface area contributed by atoms with E-state index in [9.17, 15) is 0 Å². The van der Waals surface area contributed by atoms with Crippen LogP contribution in [0, 0.1) is 0 Å². The number of aromatic nitrogens is 3. The van der Waals surface area contributed by atoms with Crippen LogP contribution >= 0.6 is 11.8 Å². The Kier molecular flexibility index (Phi) is 5.07. The largest absolute Gasteiger partial charge is 0.368 e. The van der Waals surface area contributed by atoms with E-state index < -0.39 is 0 Å². The van der Waals surface area contributed by atoms with Gasteiger partial charge in [-0.25, -0.2) is 0 Å². The molecule has 6 nitrogen and oxygen atoms in total. The van der Waals surface area contributed by atoms with E-state index in [4.69, 9.17) is 5.73 Å². The van der Waals surface area contributed by atoms with Crippen molar-refractivity contribution in [1.82, 2.24) is 15.0 Å². The van der Waals surface area contributed by atoms with Crippen molar-refractivity contribution in [2.75, 3.05) is 53.2 Å². The maximum absolute atomic E-state index is 5.83. The zero-order valence-electron chi connectivity index (χ0n) is 11.7. The molecule has 0 atom stereocenters.